The third-order valence-electron chi connectivity index (χ3n) is 4.79. The lowest BCUT2D eigenvalue weighted by atomic mass is 9.85. The highest BCUT2D eigenvalue weighted by molar-refractivity contribution is 6.05. The van der Waals surface area contributed by atoms with Crippen molar-refractivity contribution >= 4 is 17.4 Å². The third kappa shape index (κ3) is 4.14. The summed E-state index contributed by atoms with van der Waals surface area (Å²) in [7, 11) is 0. The highest BCUT2D eigenvalue weighted by Crippen LogP contribution is 2.40. The first kappa shape index (κ1) is 21.0. The third-order valence-corrected chi connectivity index (χ3v) is 4.79. The molecule has 0 bridgehead atoms. The van der Waals surface area contributed by atoms with Gasteiger partial charge in [0.2, 0.25) is 5.91 Å². The van der Waals surface area contributed by atoms with Crippen LogP contribution in [0.15, 0.2) is 47.5 Å². The molecular formula is C21H20N4O5. The van der Waals surface area contributed by atoms with E-state index in [1.165, 1.54) is 31.2 Å². The van der Waals surface area contributed by atoms with E-state index < -0.39 is 28.6 Å². The van der Waals surface area contributed by atoms with Crippen molar-refractivity contribution in [2.45, 2.75) is 38.5 Å². The van der Waals surface area contributed by atoms with Crippen molar-refractivity contribution < 1.29 is 19.6 Å². The minimum atomic E-state index is -1.05. The summed E-state index contributed by atoms with van der Waals surface area (Å²) in [5, 5.41) is 34.2. The van der Waals surface area contributed by atoms with E-state index in [-0.39, 0.29) is 11.5 Å². The number of nitro groups is 1. The maximum absolute atomic E-state index is 11.7. The lowest BCUT2D eigenvalue weighted by Crippen LogP contribution is -2.53. The van der Waals surface area contributed by atoms with E-state index in [9.17, 15) is 25.3 Å². The Morgan fingerprint density at radius 2 is 1.97 bits per heavy atom. The summed E-state index contributed by atoms with van der Waals surface area (Å²) in [6.07, 6.45) is -1.05. The number of aliphatic hydroxyl groups excluding tert-OH is 1. The molecule has 2 aromatic carbocycles. The van der Waals surface area contributed by atoms with E-state index in [4.69, 9.17) is 4.74 Å². The number of carbonyl (C=O) groups excluding carboxylic acids is 1. The van der Waals surface area contributed by atoms with Crippen LogP contribution in [0.25, 0.3) is 0 Å². The zero-order chi connectivity index (χ0) is 22.1. The summed E-state index contributed by atoms with van der Waals surface area (Å²) in [5.74, 6) is 0.155. The molecule has 0 radical (unpaired) electrons. The Morgan fingerprint density at radius 3 is 2.53 bits per heavy atom. The Kier molecular flexibility index (Phi) is 5.54. The average molecular weight is 408 g/mol. The van der Waals surface area contributed by atoms with Gasteiger partial charge in [0.05, 0.1) is 22.6 Å². The van der Waals surface area contributed by atoms with Gasteiger partial charge in [-0.1, -0.05) is 0 Å². The molecule has 9 heteroatoms. The molecule has 0 spiro atoms. The fourth-order valence-corrected chi connectivity index (χ4v) is 3.25. The second-order valence-electron chi connectivity index (χ2n) is 7.42. The molecule has 1 aliphatic rings. The van der Waals surface area contributed by atoms with Crippen LogP contribution in [0.5, 0.6) is 5.75 Å². The van der Waals surface area contributed by atoms with E-state index in [0.29, 0.717) is 22.4 Å². The van der Waals surface area contributed by atoms with Crippen LogP contribution in [0.1, 0.15) is 43.5 Å². The Morgan fingerprint density at radius 1 is 1.30 bits per heavy atom. The maximum atomic E-state index is 11.7. The summed E-state index contributed by atoms with van der Waals surface area (Å²) >= 11 is 0. The van der Waals surface area contributed by atoms with E-state index >= 15 is 0 Å². The fraction of sp³-hybridized carbons (Fsp3) is 0.286. The standard InChI is InChI=1S/C21H20N4O5/c1-12(26)23-20(14-5-7-15(8-6-14)25(28)29)24-18-16-10-13(11-22)4-9-17(16)30-21(2,3)19(18)27/h4-10,18-19,27H,1-3H3,(H,23,24,26)/t18-,19+/m1/s1. The lowest BCUT2D eigenvalue weighted by Gasteiger charge is -2.42. The average Bonchev–Trinajstić information content (AvgIpc) is 2.70. The van der Waals surface area contributed by atoms with Gasteiger partial charge in [0.1, 0.15) is 23.3 Å². The summed E-state index contributed by atoms with van der Waals surface area (Å²) in [5.41, 5.74) is 0.299. The molecule has 2 N–H and O–H groups in total. The smallest absolute Gasteiger partial charge is 0.269 e. The summed E-state index contributed by atoms with van der Waals surface area (Å²) < 4.78 is 5.89. The van der Waals surface area contributed by atoms with Gasteiger partial charge in [-0.2, -0.15) is 10.3 Å². The highest BCUT2D eigenvalue weighted by Gasteiger charge is 2.43. The van der Waals surface area contributed by atoms with Gasteiger partial charge in [0.25, 0.3) is 5.69 Å². The van der Waals surface area contributed by atoms with Gasteiger partial charge >= 0.3 is 0 Å². The van der Waals surface area contributed by atoms with Crippen molar-refractivity contribution in [3.05, 3.63) is 69.3 Å². The van der Waals surface area contributed by atoms with Gasteiger partial charge in [-0.25, -0.2) is 0 Å². The second kappa shape index (κ2) is 7.93. The molecule has 2 atom stereocenters. The minimum absolute atomic E-state index is 0.0998. The Bertz CT molecular complexity index is 1070. The number of nitrogens with zero attached hydrogens (tertiary/aromatic N) is 3. The lowest BCUT2D eigenvalue weighted by molar-refractivity contribution is -0.384. The van der Waals surface area contributed by atoms with Crippen LogP contribution in [-0.2, 0) is 4.79 Å². The number of nitriles is 1. The quantitative estimate of drug-likeness (QED) is 0.344. The Hall–Kier alpha value is -3.77. The molecule has 0 saturated carbocycles. The molecule has 1 heterocycles. The largest absolute Gasteiger partial charge is 0.485 e. The van der Waals surface area contributed by atoms with Crippen molar-refractivity contribution in [3.8, 4) is 11.8 Å². The summed E-state index contributed by atoms with van der Waals surface area (Å²) in [4.78, 5) is 26.1. The maximum Gasteiger partial charge on any atom is 0.269 e. The topological polar surface area (TPSA) is 138 Å². The second-order valence-corrected chi connectivity index (χ2v) is 7.42. The number of nitro benzene ring substituents is 1. The van der Waals surface area contributed by atoms with Crippen LogP contribution >= 0.6 is 0 Å². The molecule has 1 aliphatic heterocycles. The number of hydrogen-bond donors (Lipinski definition) is 2. The number of aliphatic hydroxyl groups is 1. The van der Waals surface area contributed by atoms with Gasteiger partial charge in [0.15, 0.2) is 0 Å². The number of carbonyl (C=O) groups is 1. The van der Waals surface area contributed by atoms with E-state index in [1.54, 1.807) is 32.0 Å². The molecule has 0 aliphatic carbocycles. The number of amidine groups is 1. The van der Waals surface area contributed by atoms with Crippen LogP contribution in [-0.4, -0.2) is 33.5 Å². The van der Waals surface area contributed by atoms with Crippen LogP contribution in [0.4, 0.5) is 5.69 Å². The molecule has 0 fully saturated rings. The molecule has 154 valence electrons. The molecular weight excluding hydrogens is 388 g/mol. The molecule has 2 aromatic rings. The summed E-state index contributed by atoms with van der Waals surface area (Å²) in [6, 6.07) is 11.7. The number of rotatable bonds is 3. The fourth-order valence-electron chi connectivity index (χ4n) is 3.25. The highest BCUT2D eigenvalue weighted by atomic mass is 16.6. The SMILES string of the molecule is CC(=O)N=C(N[C@@H]1c2cc(C#N)ccc2OC(C)(C)[C@H]1O)c1ccc([N+](=O)[O-])cc1. The van der Waals surface area contributed by atoms with Gasteiger partial charge in [-0.15, -0.1) is 0 Å². The van der Waals surface area contributed by atoms with Crippen LogP contribution in [0.2, 0.25) is 0 Å². The first-order valence-electron chi connectivity index (χ1n) is 9.14. The van der Waals surface area contributed by atoms with E-state index in [2.05, 4.69) is 16.4 Å². The predicted octanol–water partition coefficient (Wildman–Crippen LogP) is 2.62. The first-order valence-corrected chi connectivity index (χ1v) is 9.14. The number of ether oxygens (including phenoxy) is 1. The number of benzene rings is 2. The van der Waals surface area contributed by atoms with Crippen molar-refractivity contribution in [3.63, 3.8) is 0 Å². The summed E-state index contributed by atoms with van der Waals surface area (Å²) in [6.45, 7) is 4.72. The molecule has 30 heavy (non-hydrogen) atoms. The number of amides is 1. The van der Waals surface area contributed by atoms with Crippen molar-refractivity contribution in [2.75, 3.05) is 0 Å². The number of aliphatic imine (C=N–C) groups is 1. The number of hydrogen-bond acceptors (Lipinski definition) is 6. The molecule has 3 rings (SSSR count). The number of nitrogens with one attached hydrogen (secondary N) is 1. The molecule has 0 aromatic heterocycles. The van der Waals surface area contributed by atoms with Gasteiger partial charge in [-0.3, -0.25) is 14.9 Å². The van der Waals surface area contributed by atoms with Crippen molar-refractivity contribution in [2.24, 2.45) is 4.99 Å². The van der Waals surface area contributed by atoms with Crippen LogP contribution < -0.4 is 10.1 Å². The normalized spacial score (nSPS) is 19.8. The van der Waals surface area contributed by atoms with Gasteiger partial charge in [0, 0.05) is 30.2 Å². The Labute approximate surface area is 172 Å². The molecule has 0 saturated heterocycles. The minimum Gasteiger partial charge on any atom is -0.485 e. The van der Waals surface area contributed by atoms with Crippen molar-refractivity contribution in [1.29, 1.82) is 5.26 Å². The molecule has 9 nitrogen and oxygen atoms in total. The van der Waals surface area contributed by atoms with Crippen molar-refractivity contribution in [1.82, 2.24) is 5.32 Å². The van der Waals surface area contributed by atoms with E-state index in [1.807, 2.05) is 0 Å². The van der Waals surface area contributed by atoms with Crippen LogP contribution in [0.3, 0.4) is 0 Å². The van der Waals surface area contributed by atoms with Gasteiger partial charge in [-0.05, 0) is 44.2 Å². The predicted molar refractivity (Wildman–Crippen MR) is 108 cm³/mol. The number of fused-ring (bicyclic) bond motifs is 1. The number of non-ortho nitro benzene ring substituents is 1. The van der Waals surface area contributed by atoms with Gasteiger partial charge < -0.3 is 15.2 Å². The zero-order valence-electron chi connectivity index (χ0n) is 16.6. The zero-order valence-corrected chi connectivity index (χ0v) is 16.6. The van der Waals surface area contributed by atoms with Crippen LogP contribution in [0, 0.1) is 21.4 Å². The molecule has 0 unspecified atom stereocenters. The monoisotopic (exact) mass is 408 g/mol. The molecule has 1 amide bonds. The van der Waals surface area contributed by atoms with E-state index in [0.717, 1.165) is 0 Å². The Balaban J connectivity index is 2.06. The first-order chi connectivity index (χ1) is 14.1.